The van der Waals surface area contributed by atoms with Crippen LogP contribution in [0.25, 0.3) is 43.9 Å². The molecule has 0 radical (unpaired) electrons. The van der Waals surface area contributed by atoms with Crippen molar-refractivity contribution in [2.24, 2.45) is 0 Å². The van der Waals surface area contributed by atoms with Crippen molar-refractivity contribution < 1.29 is 0 Å². The maximum Gasteiger partial charge on any atom is 0.0998 e. The number of hydrogen-bond donors (Lipinski definition) is 0. The monoisotopic (exact) mass is 456 g/mol. The number of nitriles is 1. The molecular weight excluding hydrogens is 428 g/mol. The quantitative estimate of drug-likeness (QED) is 0.260. The number of aryl methyl sites for hydroxylation is 2. The van der Waals surface area contributed by atoms with Gasteiger partial charge in [-0.15, -0.1) is 0 Å². The molecule has 1 heterocycles. The zero-order chi connectivity index (χ0) is 24.0. The van der Waals surface area contributed by atoms with E-state index in [0.29, 0.717) is 5.56 Å². The molecular formula is C31H28N2Si. The Bertz CT molecular complexity index is 1590. The van der Waals surface area contributed by atoms with Crippen LogP contribution in [0.2, 0.25) is 19.6 Å². The molecule has 0 unspecified atom stereocenters. The molecule has 0 spiro atoms. The Balaban J connectivity index is 1.67. The van der Waals surface area contributed by atoms with Gasteiger partial charge in [0.05, 0.1) is 25.4 Å². The van der Waals surface area contributed by atoms with Crippen molar-refractivity contribution >= 4 is 34.8 Å². The summed E-state index contributed by atoms with van der Waals surface area (Å²) in [5.41, 5.74) is 7.78. The van der Waals surface area contributed by atoms with Crippen molar-refractivity contribution in [3.8, 4) is 28.5 Å². The summed E-state index contributed by atoms with van der Waals surface area (Å²) < 4.78 is 0. The maximum atomic E-state index is 9.74. The molecule has 0 saturated carbocycles. The van der Waals surface area contributed by atoms with Crippen LogP contribution in [0.4, 0.5) is 0 Å². The van der Waals surface area contributed by atoms with Gasteiger partial charge in [-0.25, -0.2) is 0 Å². The first-order valence-electron chi connectivity index (χ1n) is 11.7. The van der Waals surface area contributed by atoms with Crippen molar-refractivity contribution in [2.45, 2.75) is 33.5 Å². The van der Waals surface area contributed by atoms with Crippen LogP contribution in [-0.4, -0.2) is 13.1 Å². The van der Waals surface area contributed by atoms with Crippen molar-refractivity contribution in [1.29, 1.82) is 5.26 Å². The molecule has 2 nitrogen and oxygen atoms in total. The minimum Gasteiger partial charge on any atom is -0.256 e. The Morgan fingerprint density at radius 2 is 1.41 bits per heavy atom. The van der Waals surface area contributed by atoms with E-state index in [-0.39, 0.29) is 0 Å². The van der Waals surface area contributed by atoms with Gasteiger partial charge in [-0.05, 0) is 76.5 Å². The van der Waals surface area contributed by atoms with Gasteiger partial charge in [-0.1, -0.05) is 73.4 Å². The molecule has 5 rings (SSSR count). The molecule has 0 bridgehead atoms. The summed E-state index contributed by atoms with van der Waals surface area (Å²) in [6.07, 6.45) is 1.87. The van der Waals surface area contributed by atoms with Crippen molar-refractivity contribution in [3.63, 3.8) is 0 Å². The van der Waals surface area contributed by atoms with E-state index in [2.05, 4.69) is 88.1 Å². The van der Waals surface area contributed by atoms with Crippen LogP contribution in [0.5, 0.6) is 0 Å². The van der Waals surface area contributed by atoms with Crippen LogP contribution in [0.1, 0.15) is 16.7 Å². The highest BCUT2D eigenvalue weighted by molar-refractivity contribution is 6.88. The zero-order valence-corrected chi connectivity index (χ0v) is 21.4. The lowest BCUT2D eigenvalue weighted by molar-refractivity contribution is 1.35. The predicted molar refractivity (Wildman–Crippen MR) is 147 cm³/mol. The third-order valence-electron chi connectivity index (χ3n) is 6.71. The van der Waals surface area contributed by atoms with Crippen LogP contribution < -0.4 is 5.19 Å². The molecule has 0 N–H and O–H groups in total. The van der Waals surface area contributed by atoms with Crippen LogP contribution in [0, 0.1) is 25.2 Å². The van der Waals surface area contributed by atoms with E-state index in [1.165, 1.54) is 27.4 Å². The summed E-state index contributed by atoms with van der Waals surface area (Å²) in [5, 5.41) is 15.5. The highest BCUT2D eigenvalue weighted by Crippen LogP contribution is 2.34. The van der Waals surface area contributed by atoms with Gasteiger partial charge in [0.15, 0.2) is 0 Å². The fourth-order valence-electron chi connectivity index (χ4n) is 4.96. The maximum absolute atomic E-state index is 9.74. The van der Waals surface area contributed by atoms with Crippen LogP contribution in [0.15, 0.2) is 79.0 Å². The molecule has 4 aromatic carbocycles. The molecule has 0 fully saturated rings. The second-order valence-electron chi connectivity index (χ2n) is 10.2. The number of nitrogens with zero attached hydrogens (tertiary/aromatic N) is 2. The number of aromatic nitrogens is 1. The zero-order valence-electron chi connectivity index (χ0n) is 20.4. The third kappa shape index (κ3) is 3.81. The molecule has 3 heteroatoms. The summed E-state index contributed by atoms with van der Waals surface area (Å²) in [6.45, 7) is 11.7. The van der Waals surface area contributed by atoms with E-state index in [9.17, 15) is 5.26 Å². The first-order chi connectivity index (χ1) is 16.3. The lowest BCUT2D eigenvalue weighted by atomic mass is 9.92. The molecule has 0 aliphatic rings. The Labute approximate surface area is 202 Å². The number of pyridine rings is 1. The van der Waals surface area contributed by atoms with Gasteiger partial charge in [0.2, 0.25) is 0 Å². The lowest BCUT2D eigenvalue weighted by Gasteiger charge is -2.21. The molecule has 1 aromatic heterocycles. The van der Waals surface area contributed by atoms with E-state index in [4.69, 9.17) is 4.98 Å². The van der Waals surface area contributed by atoms with E-state index < -0.39 is 8.07 Å². The normalized spacial score (nSPS) is 11.6. The first kappa shape index (κ1) is 22.1. The average Bonchev–Trinajstić information content (AvgIpc) is 2.81. The molecule has 5 aromatic rings. The van der Waals surface area contributed by atoms with Gasteiger partial charge in [-0.2, -0.15) is 5.26 Å². The van der Waals surface area contributed by atoms with Crippen LogP contribution in [0.3, 0.4) is 0 Å². The molecule has 0 amide bonds. The van der Waals surface area contributed by atoms with Gasteiger partial charge >= 0.3 is 0 Å². The molecule has 166 valence electrons. The number of rotatable bonds is 3. The first-order valence-corrected chi connectivity index (χ1v) is 15.2. The van der Waals surface area contributed by atoms with Crippen LogP contribution in [-0.2, 0) is 0 Å². The molecule has 0 aliphatic heterocycles. The SMILES string of the molecule is Cc1cc([Si](C)(C)C)cc(C)c1-c1ccc2c(-c3cc(C#N)c4ccccc4c3)nccc2c1. The fraction of sp³-hybridized carbons (Fsp3) is 0.161. The standard InChI is InChI=1S/C31H28N2Si/c1-20-14-27(34(3,4)5)15-21(2)30(20)24-10-11-29-23(16-24)12-13-33-31(29)25-17-22-8-6-7-9-28(22)26(18-25)19-32/h6-18H,1-5H3. The summed E-state index contributed by atoms with van der Waals surface area (Å²) in [7, 11) is -1.37. The Morgan fingerprint density at radius 1 is 0.735 bits per heavy atom. The number of fused-ring (bicyclic) bond motifs is 2. The van der Waals surface area contributed by atoms with E-state index in [1.807, 2.05) is 30.5 Å². The van der Waals surface area contributed by atoms with E-state index >= 15 is 0 Å². The van der Waals surface area contributed by atoms with Crippen molar-refractivity contribution in [3.05, 3.63) is 95.7 Å². The highest BCUT2D eigenvalue weighted by Gasteiger charge is 2.19. The van der Waals surface area contributed by atoms with Gasteiger partial charge in [0.25, 0.3) is 0 Å². The third-order valence-corrected chi connectivity index (χ3v) is 8.73. The second kappa shape index (κ2) is 8.24. The smallest absolute Gasteiger partial charge is 0.0998 e. The summed E-state index contributed by atoms with van der Waals surface area (Å²) in [4.78, 5) is 4.73. The van der Waals surface area contributed by atoms with Gasteiger partial charge in [-0.3, -0.25) is 4.98 Å². The molecule has 0 aliphatic carbocycles. The fourth-order valence-corrected chi connectivity index (χ4v) is 6.25. The minimum absolute atomic E-state index is 0.678. The Morgan fingerprint density at radius 3 is 2.12 bits per heavy atom. The van der Waals surface area contributed by atoms with Gasteiger partial charge < -0.3 is 0 Å². The van der Waals surface area contributed by atoms with Crippen molar-refractivity contribution in [1.82, 2.24) is 4.98 Å². The lowest BCUT2D eigenvalue weighted by Crippen LogP contribution is -2.38. The van der Waals surface area contributed by atoms with Crippen molar-refractivity contribution in [2.75, 3.05) is 0 Å². The van der Waals surface area contributed by atoms with Gasteiger partial charge in [0, 0.05) is 17.1 Å². The molecule has 0 saturated heterocycles. The summed E-state index contributed by atoms with van der Waals surface area (Å²) in [5.74, 6) is 0. The Kier molecular flexibility index (Phi) is 5.35. The molecule has 0 atom stereocenters. The largest absolute Gasteiger partial charge is 0.256 e. The van der Waals surface area contributed by atoms with E-state index in [0.717, 1.165) is 32.8 Å². The van der Waals surface area contributed by atoms with Gasteiger partial charge in [0.1, 0.15) is 0 Å². The minimum atomic E-state index is -1.37. The predicted octanol–water partition coefficient (Wildman–Crippen LogP) is 7.76. The summed E-state index contributed by atoms with van der Waals surface area (Å²) in [6, 6.07) is 28.0. The van der Waals surface area contributed by atoms with E-state index in [1.54, 1.807) is 0 Å². The Hall–Kier alpha value is -3.74. The number of hydrogen-bond acceptors (Lipinski definition) is 2. The molecule has 34 heavy (non-hydrogen) atoms. The highest BCUT2D eigenvalue weighted by atomic mass is 28.3. The average molecular weight is 457 g/mol. The number of benzene rings is 4. The topological polar surface area (TPSA) is 36.7 Å². The van der Waals surface area contributed by atoms with Crippen LogP contribution >= 0.6 is 0 Å². The summed E-state index contributed by atoms with van der Waals surface area (Å²) >= 11 is 0. The second-order valence-corrected chi connectivity index (χ2v) is 15.3.